The molecule has 8 heteroatoms. The van der Waals surface area contributed by atoms with Gasteiger partial charge in [-0.2, -0.15) is 10.2 Å². The van der Waals surface area contributed by atoms with Crippen molar-refractivity contribution in [3.63, 3.8) is 0 Å². The van der Waals surface area contributed by atoms with Gasteiger partial charge < -0.3 is 14.4 Å². The van der Waals surface area contributed by atoms with Crippen LogP contribution in [0.5, 0.6) is 5.75 Å². The number of hydrogen-bond acceptors (Lipinski definition) is 7. The van der Waals surface area contributed by atoms with Gasteiger partial charge in [0.15, 0.2) is 0 Å². The van der Waals surface area contributed by atoms with Gasteiger partial charge in [-0.15, -0.1) is 0 Å². The number of carboxylic acid groups (broad SMARTS) is 1. The minimum absolute atomic E-state index is 0.0302. The molecule has 0 atom stereocenters. The number of aliphatic carboxylic acids is 1. The Morgan fingerprint density at radius 2 is 1.97 bits per heavy atom. The maximum absolute atomic E-state index is 10.9. The van der Waals surface area contributed by atoms with Crippen molar-refractivity contribution in [2.45, 2.75) is 26.5 Å². The van der Waals surface area contributed by atoms with E-state index < -0.39 is 5.97 Å². The third kappa shape index (κ3) is 4.57. The SMILES string of the molecule is CC(C)Oc1ccc(-c2noc(-c3ccc(CN4CC(C(=O)O)C4)cc3)n2)cc1C#N. The number of hydrogen-bond donors (Lipinski definition) is 1. The van der Waals surface area contributed by atoms with E-state index in [2.05, 4.69) is 21.1 Å². The van der Waals surface area contributed by atoms with E-state index in [0.717, 1.165) is 11.1 Å². The first-order valence-electron chi connectivity index (χ1n) is 10.0. The van der Waals surface area contributed by atoms with Crippen LogP contribution in [-0.2, 0) is 11.3 Å². The topological polar surface area (TPSA) is 112 Å². The monoisotopic (exact) mass is 418 g/mol. The molecule has 2 heterocycles. The summed E-state index contributed by atoms with van der Waals surface area (Å²) in [6.07, 6.45) is -0.0302. The van der Waals surface area contributed by atoms with E-state index in [1.165, 1.54) is 0 Å². The van der Waals surface area contributed by atoms with Crippen molar-refractivity contribution in [1.82, 2.24) is 15.0 Å². The number of likely N-dealkylation sites (tertiary alicyclic amines) is 1. The first-order valence-corrected chi connectivity index (χ1v) is 10.0. The molecule has 0 unspecified atom stereocenters. The molecule has 1 aromatic heterocycles. The maximum Gasteiger partial charge on any atom is 0.309 e. The molecule has 1 fully saturated rings. The van der Waals surface area contributed by atoms with Gasteiger partial charge in [0, 0.05) is 30.8 Å². The van der Waals surface area contributed by atoms with Gasteiger partial charge in [0.1, 0.15) is 11.8 Å². The van der Waals surface area contributed by atoms with E-state index in [-0.39, 0.29) is 12.0 Å². The summed E-state index contributed by atoms with van der Waals surface area (Å²) in [6.45, 7) is 5.68. The second-order valence-corrected chi connectivity index (χ2v) is 7.84. The van der Waals surface area contributed by atoms with Crippen LogP contribution in [-0.4, -0.2) is 45.3 Å². The molecular weight excluding hydrogens is 396 g/mol. The summed E-state index contributed by atoms with van der Waals surface area (Å²) >= 11 is 0. The van der Waals surface area contributed by atoms with E-state index in [1.54, 1.807) is 18.2 Å². The number of carbonyl (C=O) groups is 1. The molecule has 0 bridgehead atoms. The van der Waals surface area contributed by atoms with Gasteiger partial charge in [0.25, 0.3) is 5.89 Å². The zero-order valence-corrected chi connectivity index (χ0v) is 17.3. The Morgan fingerprint density at radius 1 is 1.26 bits per heavy atom. The first kappa shape index (κ1) is 20.6. The largest absolute Gasteiger partial charge is 0.490 e. The van der Waals surface area contributed by atoms with E-state index in [0.29, 0.717) is 48.2 Å². The van der Waals surface area contributed by atoms with E-state index in [1.807, 2.05) is 38.1 Å². The van der Waals surface area contributed by atoms with Gasteiger partial charge in [-0.25, -0.2) is 0 Å². The van der Waals surface area contributed by atoms with Gasteiger partial charge in [-0.1, -0.05) is 17.3 Å². The summed E-state index contributed by atoms with van der Waals surface area (Å²) in [5, 5.41) is 22.4. The number of aromatic nitrogens is 2. The van der Waals surface area contributed by atoms with Crippen LogP contribution in [0.15, 0.2) is 47.0 Å². The minimum Gasteiger partial charge on any atom is -0.490 e. The highest BCUT2D eigenvalue weighted by Gasteiger charge is 2.32. The Balaban J connectivity index is 1.45. The van der Waals surface area contributed by atoms with Gasteiger partial charge in [-0.3, -0.25) is 9.69 Å². The Labute approximate surface area is 179 Å². The summed E-state index contributed by atoms with van der Waals surface area (Å²) in [7, 11) is 0. The highest BCUT2D eigenvalue weighted by Crippen LogP contribution is 2.28. The molecule has 0 spiro atoms. The lowest BCUT2D eigenvalue weighted by Gasteiger charge is -2.36. The number of benzene rings is 2. The third-order valence-corrected chi connectivity index (χ3v) is 5.06. The molecule has 1 saturated heterocycles. The van der Waals surface area contributed by atoms with Crippen LogP contribution in [0.25, 0.3) is 22.8 Å². The normalized spacial score (nSPS) is 14.3. The summed E-state index contributed by atoms with van der Waals surface area (Å²) in [6, 6.07) is 15.1. The Bertz CT molecular complexity index is 1130. The average molecular weight is 418 g/mol. The van der Waals surface area contributed by atoms with Crippen LogP contribution in [0, 0.1) is 17.2 Å². The molecule has 0 radical (unpaired) electrons. The van der Waals surface area contributed by atoms with Crippen LogP contribution in [0.2, 0.25) is 0 Å². The Hall–Kier alpha value is -3.70. The molecule has 158 valence electrons. The molecule has 3 aromatic rings. The molecule has 31 heavy (non-hydrogen) atoms. The van der Waals surface area contributed by atoms with Crippen molar-refractivity contribution in [3.8, 4) is 34.7 Å². The summed E-state index contributed by atoms with van der Waals surface area (Å²) in [5.41, 5.74) is 2.96. The number of nitriles is 1. The summed E-state index contributed by atoms with van der Waals surface area (Å²) in [5.74, 6) is 0.313. The zero-order chi connectivity index (χ0) is 22.0. The number of rotatable bonds is 7. The second-order valence-electron chi connectivity index (χ2n) is 7.84. The number of nitrogens with zero attached hydrogens (tertiary/aromatic N) is 4. The van der Waals surface area contributed by atoms with Crippen LogP contribution < -0.4 is 4.74 Å². The highest BCUT2D eigenvalue weighted by atomic mass is 16.5. The molecule has 1 aliphatic rings. The van der Waals surface area contributed by atoms with Gasteiger partial charge in [-0.05, 0) is 49.7 Å². The van der Waals surface area contributed by atoms with Gasteiger partial charge in [0.2, 0.25) is 5.82 Å². The van der Waals surface area contributed by atoms with Crippen LogP contribution in [0.3, 0.4) is 0 Å². The molecule has 1 aliphatic heterocycles. The van der Waals surface area contributed by atoms with Crippen LogP contribution in [0.1, 0.15) is 25.0 Å². The second kappa shape index (κ2) is 8.58. The van der Waals surface area contributed by atoms with Crippen molar-refractivity contribution in [2.75, 3.05) is 13.1 Å². The van der Waals surface area contributed by atoms with E-state index in [9.17, 15) is 10.1 Å². The van der Waals surface area contributed by atoms with Crippen LogP contribution in [0.4, 0.5) is 0 Å². The lowest BCUT2D eigenvalue weighted by Crippen LogP contribution is -2.49. The maximum atomic E-state index is 10.9. The van der Waals surface area contributed by atoms with Crippen molar-refractivity contribution >= 4 is 5.97 Å². The quantitative estimate of drug-likeness (QED) is 0.619. The Morgan fingerprint density at radius 3 is 2.61 bits per heavy atom. The Kier molecular flexibility index (Phi) is 5.69. The number of carboxylic acids is 1. The van der Waals surface area contributed by atoms with Crippen molar-refractivity contribution in [1.29, 1.82) is 5.26 Å². The van der Waals surface area contributed by atoms with Crippen molar-refractivity contribution < 1.29 is 19.2 Å². The zero-order valence-electron chi connectivity index (χ0n) is 17.3. The molecule has 8 nitrogen and oxygen atoms in total. The smallest absolute Gasteiger partial charge is 0.309 e. The molecule has 1 N–H and O–H groups in total. The summed E-state index contributed by atoms with van der Waals surface area (Å²) < 4.78 is 11.1. The standard InChI is InChI=1S/C23H22N4O4/c1-14(2)30-20-8-7-17(9-18(20)10-24)21-25-22(31-26-21)16-5-3-15(4-6-16)11-27-12-19(13-27)23(28)29/h3-9,14,19H,11-13H2,1-2H3,(H,28,29). The summed E-state index contributed by atoms with van der Waals surface area (Å²) in [4.78, 5) is 17.5. The molecule has 0 aliphatic carbocycles. The fourth-order valence-corrected chi connectivity index (χ4v) is 3.44. The average Bonchev–Trinajstić information content (AvgIpc) is 3.20. The fourth-order valence-electron chi connectivity index (χ4n) is 3.44. The lowest BCUT2D eigenvalue weighted by molar-refractivity contribution is -0.147. The predicted molar refractivity (Wildman–Crippen MR) is 112 cm³/mol. The molecule has 4 rings (SSSR count). The van der Waals surface area contributed by atoms with Gasteiger partial charge in [0.05, 0.1) is 17.6 Å². The van der Waals surface area contributed by atoms with Crippen LogP contribution >= 0.6 is 0 Å². The van der Waals surface area contributed by atoms with E-state index in [4.69, 9.17) is 14.4 Å². The third-order valence-electron chi connectivity index (χ3n) is 5.06. The lowest BCUT2D eigenvalue weighted by atomic mass is 9.99. The molecular formula is C23H22N4O4. The number of ether oxygens (including phenoxy) is 1. The highest BCUT2D eigenvalue weighted by molar-refractivity contribution is 5.71. The van der Waals surface area contributed by atoms with Gasteiger partial charge >= 0.3 is 5.97 Å². The predicted octanol–water partition coefficient (Wildman–Crippen LogP) is 3.58. The first-order chi connectivity index (χ1) is 14.9. The fraction of sp³-hybridized carbons (Fsp3) is 0.304. The molecule has 2 aromatic carbocycles. The molecule has 0 amide bonds. The van der Waals surface area contributed by atoms with Crippen molar-refractivity contribution in [3.05, 3.63) is 53.6 Å². The van der Waals surface area contributed by atoms with Crippen molar-refractivity contribution in [2.24, 2.45) is 5.92 Å². The van der Waals surface area contributed by atoms with E-state index >= 15 is 0 Å². The minimum atomic E-state index is -0.734. The molecule has 0 saturated carbocycles.